The maximum Gasteiger partial charge on any atom is 0.433 e. The highest BCUT2D eigenvalue weighted by Crippen LogP contribution is 2.31. The quantitative estimate of drug-likeness (QED) is 0.486. The van der Waals surface area contributed by atoms with E-state index in [1.165, 1.54) is 10.8 Å². The maximum absolute atomic E-state index is 12.9. The standard InChI is InChI=1S/C20H18F6N4O4S/c21-19(22,23)11-27-35(32,33)13-4-5-14(12-6-8-34-9-7-12)15(10-13)28-18(31)30-17-3-1-2-16(29-17)20(24,25)26/h1-6,10,27H,7-9,11H2,(H2,28,29,30,31). The number of carbonyl (C=O) groups excluding carboxylic acids is 1. The SMILES string of the molecule is O=C(Nc1cccc(C(F)(F)F)n1)Nc1cc(S(=O)(=O)NCC(F)(F)F)ccc1C1=CCOCC1. The van der Waals surface area contributed by atoms with Crippen molar-refractivity contribution in [3.05, 3.63) is 53.7 Å². The Labute approximate surface area is 195 Å². The van der Waals surface area contributed by atoms with Gasteiger partial charge >= 0.3 is 18.4 Å². The fraction of sp³-hybridized carbons (Fsp3) is 0.300. The summed E-state index contributed by atoms with van der Waals surface area (Å²) in [4.78, 5) is 15.2. The molecule has 0 saturated heterocycles. The van der Waals surface area contributed by atoms with Gasteiger partial charge in [-0.25, -0.2) is 22.9 Å². The first-order valence-electron chi connectivity index (χ1n) is 9.84. The Kier molecular flexibility index (Phi) is 7.71. The van der Waals surface area contributed by atoms with Crippen LogP contribution in [0.2, 0.25) is 0 Å². The second-order valence-electron chi connectivity index (χ2n) is 7.19. The minimum absolute atomic E-state index is 0.0995. The third-order valence-electron chi connectivity index (χ3n) is 4.60. The van der Waals surface area contributed by atoms with Gasteiger partial charge in [-0.1, -0.05) is 18.2 Å². The van der Waals surface area contributed by atoms with Crippen molar-refractivity contribution in [3.63, 3.8) is 0 Å². The molecular weight excluding hydrogens is 506 g/mol. The molecule has 0 bridgehead atoms. The number of pyridine rings is 1. The van der Waals surface area contributed by atoms with E-state index in [1.807, 2.05) is 0 Å². The van der Waals surface area contributed by atoms with Crippen LogP contribution in [0.5, 0.6) is 0 Å². The third kappa shape index (κ3) is 7.40. The molecule has 1 aliphatic heterocycles. The Morgan fingerprint density at radius 3 is 2.43 bits per heavy atom. The summed E-state index contributed by atoms with van der Waals surface area (Å²) < 4.78 is 107. The van der Waals surface area contributed by atoms with Crippen LogP contribution in [0.4, 0.5) is 42.6 Å². The van der Waals surface area contributed by atoms with E-state index in [1.54, 1.807) is 6.08 Å². The summed E-state index contributed by atoms with van der Waals surface area (Å²) in [5, 5.41) is 4.45. The van der Waals surface area contributed by atoms with Gasteiger partial charge in [0.25, 0.3) is 0 Å². The molecule has 1 aromatic carbocycles. The third-order valence-corrected chi connectivity index (χ3v) is 6.00. The minimum Gasteiger partial charge on any atom is -0.377 e. The van der Waals surface area contributed by atoms with Crippen molar-refractivity contribution in [2.45, 2.75) is 23.7 Å². The molecule has 3 rings (SSSR count). The lowest BCUT2D eigenvalue weighted by Crippen LogP contribution is -2.33. The lowest BCUT2D eigenvalue weighted by atomic mass is 10.00. The predicted octanol–water partition coefficient (Wildman–Crippen LogP) is 4.39. The average molecular weight is 524 g/mol. The summed E-state index contributed by atoms with van der Waals surface area (Å²) in [5.74, 6) is -0.431. The van der Waals surface area contributed by atoms with Gasteiger partial charge < -0.3 is 10.1 Å². The number of ether oxygens (including phenoxy) is 1. The van der Waals surface area contributed by atoms with E-state index < -0.39 is 51.4 Å². The van der Waals surface area contributed by atoms with E-state index in [0.717, 1.165) is 24.3 Å². The number of hydrogen-bond acceptors (Lipinski definition) is 5. The van der Waals surface area contributed by atoms with Crippen molar-refractivity contribution in [1.29, 1.82) is 0 Å². The molecule has 1 aromatic heterocycles. The molecule has 35 heavy (non-hydrogen) atoms. The average Bonchev–Trinajstić information content (AvgIpc) is 2.77. The van der Waals surface area contributed by atoms with E-state index >= 15 is 0 Å². The summed E-state index contributed by atoms with van der Waals surface area (Å²) in [7, 11) is -4.60. The molecule has 0 radical (unpaired) electrons. The lowest BCUT2D eigenvalue weighted by Gasteiger charge is -2.19. The molecule has 190 valence electrons. The van der Waals surface area contributed by atoms with E-state index in [-0.39, 0.29) is 12.3 Å². The van der Waals surface area contributed by atoms with Gasteiger partial charge in [0.15, 0.2) is 0 Å². The number of sulfonamides is 1. The largest absolute Gasteiger partial charge is 0.433 e. The molecule has 0 atom stereocenters. The molecule has 0 saturated carbocycles. The highest BCUT2D eigenvalue weighted by atomic mass is 32.2. The van der Waals surface area contributed by atoms with Crippen LogP contribution in [0, 0.1) is 0 Å². The van der Waals surface area contributed by atoms with Crippen LogP contribution < -0.4 is 15.4 Å². The Morgan fingerprint density at radius 2 is 1.80 bits per heavy atom. The lowest BCUT2D eigenvalue weighted by molar-refractivity contribution is -0.141. The molecule has 2 heterocycles. The fourth-order valence-electron chi connectivity index (χ4n) is 3.04. The summed E-state index contributed by atoms with van der Waals surface area (Å²) in [6.45, 7) is -1.23. The number of rotatable bonds is 6. The number of anilines is 2. The molecule has 2 aromatic rings. The first-order chi connectivity index (χ1) is 16.2. The van der Waals surface area contributed by atoms with Gasteiger partial charge in [-0.2, -0.15) is 26.3 Å². The van der Waals surface area contributed by atoms with Crippen molar-refractivity contribution < 1.29 is 44.3 Å². The number of nitrogens with one attached hydrogen (secondary N) is 3. The second-order valence-corrected chi connectivity index (χ2v) is 8.95. The van der Waals surface area contributed by atoms with Crippen molar-refractivity contribution in [1.82, 2.24) is 9.71 Å². The van der Waals surface area contributed by atoms with Gasteiger partial charge in [0.1, 0.15) is 18.1 Å². The normalized spacial score (nSPS) is 14.9. The van der Waals surface area contributed by atoms with Gasteiger partial charge in [0, 0.05) is 5.56 Å². The zero-order valence-electron chi connectivity index (χ0n) is 17.6. The molecule has 0 aliphatic carbocycles. The van der Waals surface area contributed by atoms with E-state index in [2.05, 4.69) is 15.6 Å². The van der Waals surface area contributed by atoms with Crippen LogP contribution in [0.15, 0.2) is 47.4 Å². The van der Waals surface area contributed by atoms with Crippen LogP contribution in [-0.2, 0) is 20.9 Å². The second kappa shape index (κ2) is 10.2. The first kappa shape index (κ1) is 26.4. The van der Waals surface area contributed by atoms with Crippen molar-refractivity contribution in [3.8, 4) is 0 Å². The number of nitrogens with zero attached hydrogens (tertiary/aromatic N) is 1. The zero-order chi connectivity index (χ0) is 25.9. The monoisotopic (exact) mass is 524 g/mol. The van der Waals surface area contributed by atoms with Crippen LogP contribution in [0.25, 0.3) is 5.57 Å². The maximum atomic E-state index is 12.9. The number of halogens is 6. The van der Waals surface area contributed by atoms with Gasteiger partial charge in [-0.05, 0) is 36.3 Å². The Bertz CT molecular complexity index is 1230. The van der Waals surface area contributed by atoms with Gasteiger partial charge in [0.2, 0.25) is 10.0 Å². The van der Waals surface area contributed by atoms with Crippen LogP contribution >= 0.6 is 0 Å². The van der Waals surface area contributed by atoms with Gasteiger partial charge in [0.05, 0.1) is 23.8 Å². The Hall–Kier alpha value is -3.17. The van der Waals surface area contributed by atoms with Crippen LogP contribution in [0.1, 0.15) is 17.7 Å². The van der Waals surface area contributed by atoms with Crippen molar-refractivity contribution in [2.75, 3.05) is 30.4 Å². The Balaban J connectivity index is 1.90. The molecule has 0 fully saturated rings. The molecule has 15 heteroatoms. The molecule has 2 amide bonds. The number of urea groups is 1. The molecule has 0 spiro atoms. The summed E-state index contributed by atoms with van der Waals surface area (Å²) in [6.07, 6.45) is -7.47. The summed E-state index contributed by atoms with van der Waals surface area (Å²) >= 11 is 0. The number of carbonyl (C=O) groups is 1. The van der Waals surface area contributed by atoms with Gasteiger partial charge in [-0.3, -0.25) is 5.32 Å². The number of hydrogen-bond donors (Lipinski definition) is 3. The van der Waals surface area contributed by atoms with Crippen LogP contribution in [0.3, 0.4) is 0 Å². The number of amides is 2. The van der Waals surface area contributed by atoms with E-state index in [4.69, 9.17) is 4.74 Å². The van der Waals surface area contributed by atoms with E-state index in [0.29, 0.717) is 30.2 Å². The molecular formula is C20H18F6N4O4S. The smallest absolute Gasteiger partial charge is 0.377 e. The number of aromatic nitrogens is 1. The minimum atomic E-state index is -4.79. The van der Waals surface area contributed by atoms with E-state index in [9.17, 15) is 39.6 Å². The van der Waals surface area contributed by atoms with Crippen molar-refractivity contribution in [2.24, 2.45) is 0 Å². The molecule has 3 N–H and O–H groups in total. The molecule has 1 aliphatic rings. The summed E-state index contributed by atoms with van der Waals surface area (Å²) in [6, 6.07) is 5.12. The number of alkyl halides is 6. The molecule has 8 nitrogen and oxygen atoms in total. The Morgan fingerprint density at radius 1 is 1.06 bits per heavy atom. The van der Waals surface area contributed by atoms with Crippen molar-refractivity contribution >= 4 is 33.1 Å². The summed E-state index contributed by atoms with van der Waals surface area (Å²) in [5.41, 5.74) is -0.323. The first-order valence-corrected chi connectivity index (χ1v) is 11.3. The molecule has 0 unspecified atom stereocenters. The highest BCUT2D eigenvalue weighted by Gasteiger charge is 2.33. The van der Waals surface area contributed by atoms with Crippen LogP contribution in [-0.4, -0.2) is 45.4 Å². The fourth-order valence-corrected chi connectivity index (χ4v) is 4.08. The topological polar surface area (TPSA) is 109 Å². The predicted molar refractivity (Wildman–Crippen MR) is 113 cm³/mol. The number of benzene rings is 1. The highest BCUT2D eigenvalue weighted by molar-refractivity contribution is 7.89. The van der Waals surface area contributed by atoms with Gasteiger partial charge in [-0.15, -0.1) is 0 Å². The zero-order valence-corrected chi connectivity index (χ0v) is 18.4.